The number of ketones is 1. The van der Waals surface area contributed by atoms with Crippen molar-refractivity contribution in [1.29, 1.82) is 0 Å². The summed E-state index contributed by atoms with van der Waals surface area (Å²) in [6, 6.07) is 1.82. The van der Waals surface area contributed by atoms with Crippen molar-refractivity contribution < 1.29 is 14.6 Å². The highest BCUT2D eigenvalue weighted by Gasteiger charge is 2.16. The van der Waals surface area contributed by atoms with Gasteiger partial charge in [-0.1, -0.05) is 6.92 Å². The molecule has 1 aromatic carbocycles. The lowest BCUT2D eigenvalue weighted by atomic mass is 10.0. The van der Waals surface area contributed by atoms with E-state index in [1.165, 1.54) is 6.92 Å². The van der Waals surface area contributed by atoms with E-state index in [4.69, 9.17) is 4.74 Å². The molecule has 0 aliphatic rings. The van der Waals surface area contributed by atoms with Gasteiger partial charge in [0.25, 0.3) is 0 Å². The molecular formula is C12H15BrO3. The highest BCUT2D eigenvalue weighted by molar-refractivity contribution is 9.10. The van der Waals surface area contributed by atoms with Gasteiger partial charge in [0.05, 0.1) is 7.11 Å². The Morgan fingerprint density at radius 2 is 2.12 bits per heavy atom. The molecule has 0 amide bonds. The van der Waals surface area contributed by atoms with Gasteiger partial charge in [-0.25, -0.2) is 0 Å². The van der Waals surface area contributed by atoms with Crippen molar-refractivity contribution in [3.8, 4) is 11.5 Å². The van der Waals surface area contributed by atoms with Crippen molar-refractivity contribution in [3.63, 3.8) is 0 Å². The van der Waals surface area contributed by atoms with Crippen molar-refractivity contribution in [2.45, 2.75) is 26.7 Å². The van der Waals surface area contributed by atoms with Crippen LogP contribution in [0.4, 0.5) is 0 Å². The first-order valence-corrected chi connectivity index (χ1v) is 5.87. The Morgan fingerprint density at radius 1 is 1.50 bits per heavy atom. The molecule has 0 aliphatic carbocycles. The number of hydrogen-bond donors (Lipinski definition) is 1. The Bertz CT molecular complexity index is 413. The zero-order valence-electron chi connectivity index (χ0n) is 9.63. The summed E-state index contributed by atoms with van der Waals surface area (Å²) in [5, 5.41) is 9.90. The van der Waals surface area contributed by atoms with E-state index in [0.29, 0.717) is 15.8 Å². The maximum Gasteiger partial charge on any atom is 0.139 e. The number of methoxy groups -OCH3 is 1. The first-order valence-electron chi connectivity index (χ1n) is 5.07. The average Bonchev–Trinajstić information content (AvgIpc) is 2.24. The predicted molar refractivity (Wildman–Crippen MR) is 66.1 cm³/mol. The van der Waals surface area contributed by atoms with Crippen LogP contribution in [0.25, 0.3) is 0 Å². The van der Waals surface area contributed by atoms with Gasteiger partial charge in [0.15, 0.2) is 0 Å². The van der Waals surface area contributed by atoms with E-state index in [0.717, 1.165) is 12.0 Å². The van der Waals surface area contributed by atoms with E-state index in [-0.39, 0.29) is 18.0 Å². The number of ether oxygens (including phenoxy) is 1. The summed E-state index contributed by atoms with van der Waals surface area (Å²) in [6.07, 6.45) is 1.02. The summed E-state index contributed by atoms with van der Waals surface area (Å²) < 4.78 is 5.74. The van der Waals surface area contributed by atoms with Gasteiger partial charge in [-0.2, -0.15) is 0 Å². The number of rotatable bonds is 4. The van der Waals surface area contributed by atoms with E-state index in [1.807, 2.05) is 13.0 Å². The van der Waals surface area contributed by atoms with Crippen LogP contribution in [0, 0.1) is 0 Å². The standard InChI is InChI=1S/C12H15BrO3/c1-4-8-6-9(5-7(2)14)11(15)10(13)12(8)16-3/h6,15H,4-5H2,1-3H3. The summed E-state index contributed by atoms with van der Waals surface area (Å²) in [6.45, 7) is 3.50. The maximum atomic E-state index is 11.1. The second-order valence-electron chi connectivity index (χ2n) is 3.62. The lowest BCUT2D eigenvalue weighted by molar-refractivity contribution is -0.116. The molecule has 0 atom stereocenters. The molecule has 3 nitrogen and oxygen atoms in total. The Morgan fingerprint density at radius 3 is 2.56 bits per heavy atom. The Kier molecular flexibility index (Phi) is 4.35. The van der Waals surface area contributed by atoms with Gasteiger partial charge >= 0.3 is 0 Å². The van der Waals surface area contributed by atoms with Crippen LogP contribution in [-0.2, 0) is 17.6 Å². The number of carbonyl (C=O) groups excluding carboxylic acids is 1. The van der Waals surface area contributed by atoms with Crippen LogP contribution < -0.4 is 4.74 Å². The summed E-state index contributed by atoms with van der Waals surface area (Å²) in [5.41, 5.74) is 1.61. The molecule has 0 saturated carbocycles. The van der Waals surface area contributed by atoms with Gasteiger partial charge in [-0.3, -0.25) is 4.79 Å². The normalized spacial score (nSPS) is 10.2. The van der Waals surface area contributed by atoms with Crippen molar-refractivity contribution in [2.24, 2.45) is 0 Å². The van der Waals surface area contributed by atoms with Crippen LogP contribution in [0.2, 0.25) is 0 Å². The molecule has 0 unspecified atom stereocenters. The molecule has 0 radical (unpaired) electrons. The number of phenols is 1. The zero-order chi connectivity index (χ0) is 12.3. The molecule has 1 rings (SSSR count). The molecule has 0 heterocycles. The third-order valence-electron chi connectivity index (χ3n) is 2.38. The van der Waals surface area contributed by atoms with Crippen molar-refractivity contribution >= 4 is 21.7 Å². The number of phenolic OH excluding ortho intramolecular Hbond substituents is 1. The minimum Gasteiger partial charge on any atom is -0.506 e. The molecule has 1 N–H and O–H groups in total. The third-order valence-corrected chi connectivity index (χ3v) is 3.11. The largest absolute Gasteiger partial charge is 0.506 e. The van der Waals surface area contributed by atoms with Crippen molar-refractivity contribution in [3.05, 3.63) is 21.7 Å². The van der Waals surface area contributed by atoms with Gasteiger partial charge in [0.1, 0.15) is 21.8 Å². The number of aryl methyl sites for hydroxylation is 1. The molecule has 0 saturated heterocycles. The van der Waals surface area contributed by atoms with Gasteiger partial charge in [-0.15, -0.1) is 0 Å². The number of halogens is 1. The molecule has 1 aromatic rings. The van der Waals surface area contributed by atoms with Crippen LogP contribution in [-0.4, -0.2) is 18.0 Å². The predicted octanol–water partition coefficient (Wildman–Crippen LogP) is 2.86. The molecule has 0 aliphatic heterocycles. The zero-order valence-corrected chi connectivity index (χ0v) is 11.2. The summed E-state index contributed by atoms with van der Waals surface area (Å²) in [7, 11) is 1.56. The fraction of sp³-hybridized carbons (Fsp3) is 0.417. The van der Waals surface area contributed by atoms with E-state index in [2.05, 4.69) is 15.9 Å². The minimum absolute atomic E-state index is 0.0226. The van der Waals surface area contributed by atoms with Gasteiger partial charge in [0, 0.05) is 12.0 Å². The lowest BCUT2D eigenvalue weighted by Gasteiger charge is -2.13. The minimum atomic E-state index is 0.0226. The van der Waals surface area contributed by atoms with Gasteiger partial charge in [-0.05, 0) is 40.9 Å². The molecule has 0 aromatic heterocycles. The SMILES string of the molecule is CCc1cc(CC(C)=O)c(O)c(Br)c1OC. The first kappa shape index (κ1) is 13.0. The number of hydrogen-bond acceptors (Lipinski definition) is 3. The number of benzene rings is 1. The van der Waals surface area contributed by atoms with Crippen LogP contribution >= 0.6 is 15.9 Å². The number of carbonyl (C=O) groups is 1. The lowest BCUT2D eigenvalue weighted by Crippen LogP contribution is -2.00. The molecule has 4 heteroatoms. The highest BCUT2D eigenvalue weighted by Crippen LogP contribution is 2.39. The summed E-state index contributed by atoms with van der Waals surface area (Å²) in [4.78, 5) is 11.1. The maximum absolute atomic E-state index is 11.1. The summed E-state index contributed by atoms with van der Waals surface area (Å²) in [5.74, 6) is 0.742. The van der Waals surface area contributed by atoms with Gasteiger partial charge in [0.2, 0.25) is 0 Å². The van der Waals surface area contributed by atoms with Crippen molar-refractivity contribution in [2.75, 3.05) is 7.11 Å². The molecule has 88 valence electrons. The quantitative estimate of drug-likeness (QED) is 0.926. The van der Waals surface area contributed by atoms with E-state index in [1.54, 1.807) is 7.11 Å². The smallest absolute Gasteiger partial charge is 0.139 e. The summed E-state index contributed by atoms with van der Waals surface area (Å²) >= 11 is 3.29. The Labute approximate surface area is 104 Å². The van der Waals surface area contributed by atoms with Crippen LogP contribution in [0.3, 0.4) is 0 Å². The Balaban J connectivity index is 3.32. The van der Waals surface area contributed by atoms with Crippen molar-refractivity contribution in [1.82, 2.24) is 0 Å². The van der Waals surface area contributed by atoms with E-state index in [9.17, 15) is 9.90 Å². The van der Waals surface area contributed by atoms with Crippen LogP contribution in [0.15, 0.2) is 10.5 Å². The number of Topliss-reactive ketones (excluding diaryl/α,β-unsaturated/α-hetero) is 1. The molecular weight excluding hydrogens is 272 g/mol. The topological polar surface area (TPSA) is 46.5 Å². The molecule has 16 heavy (non-hydrogen) atoms. The monoisotopic (exact) mass is 286 g/mol. The number of aromatic hydroxyl groups is 1. The average molecular weight is 287 g/mol. The van der Waals surface area contributed by atoms with E-state index >= 15 is 0 Å². The van der Waals surface area contributed by atoms with Crippen LogP contribution in [0.1, 0.15) is 25.0 Å². The molecule has 0 fully saturated rings. The second-order valence-corrected chi connectivity index (χ2v) is 4.42. The molecule has 0 spiro atoms. The van der Waals surface area contributed by atoms with Gasteiger partial charge < -0.3 is 9.84 Å². The molecule has 0 bridgehead atoms. The first-order chi connectivity index (χ1) is 7.51. The van der Waals surface area contributed by atoms with E-state index < -0.39 is 0 Å². The fourth-order valence-electron chi connectivity index (χ4n) is 1.62. The Hall–Kier alpha value is -1.03. The fourth-order valence-corrected chi connectivity index (χ4v) is 2.29. The van der Waals surface area contributed by atoms with Crippen LogP contribution in [0.5, 0.6) is 11.5 Å². The third kappa shape index (κ3) is 2.55. The second kappa shape index (κ2) is 5.34. The highest BCUT2D eigenvalue weighted by atomic mass is 79.9.